The Balaban J connectivity index is 1.09. The first kappa shape index (κ1) is 33.4. The highest BCUT2D eigenvalue weighted by molar-refractivity contribution is 6.25. The fraction of sp³-hybridized carbons (Fsp3) is 0.0182. The van der Waals surface area contributed by atoms with Gasteiger partial charge in [0.2, 0.25) is 0 Å². The van der Waals surface area contributed by atoms with E-state index in [4.69, 9.17) is 0 Å². The van der Waals surface area contributed by atoms with Gasteiger partial charge in [0.25, 0.3) is 0 Å². The summed E-state index contributed by atoms with van der Waals surface area (Å²) >= 11 is 0. The average Bonchev–Trinajstić information content (AvgIpc) is 3.27. The lowest BCUT2D eigenvalue weighted by molar-refractivity contribution is 0.479. The van der Waals surface area contributed by atoms with E-state index in [0.717, 1.165) is 61.2 Å². The average molecular weight is 715 g/mol. The van der Waals surface area contributed by atoms with Crippen molar-refractivity contribution in [3.8, 4) is 72.5 Å². The van der Waals surface area contributed by atoms with Crippen LogP contribution in [0.2, 0.25) is 0 Å². The van der Waals surface area contributed by atoms with Crippen LogP contribution >= 0.6 is 0 Å². The molecule has 1 N–H and O–H groups in total. The lowest BCUT2D eigenvalue weighted by atomic mass is 9.88. The van der Waals surface area contributed by atoms with Crippen LogP contribution in [0.3, 0.4) is 0 Å². The molecule has 56 heavy (non-hydrogen) atoms. The third-order valence-electron chi connectivity index (χ3n) is 11.3. The van der Waals surface area contributed by atoms with Gasteiger partial charge < -0.3 is 5.11 Å². The van der Waals surface area contributed by atoms with Crippen LogP contribution in [-0.4, -0.2) is 5.11 Å². The second-order valence-corrected chi connectivity index (χ2v) is 14.7. The van der Waals surface area contributed by atoms with E-state index in [1.165, 1.54) is 43.4 Å². The first-order valence-corrected chi connectivity index (χ1v) is 19.2. The molecule has 0 radical (unpaired) electrons. The van der Waals surface area contributed by atoms with Crippen LogP contribution in [0.1, 0.15) is 5.56 Å². The van der Waals surface area contributed by atoms with Gasteiger partial charge >= 0.3 is 0 Å². The largest absolute Gasteiger partial charge is 0.507 e. The van der Waals surface area contributed by atoms with E-state index in [9.17, 15) is 5.11 Å². The van der Waals surface area contributed by atoms with Gasteiger partial charge in [-0.1, -0.05) is 176 Å². The molecule has 0 aliphatic heterocycles. The number of hydrogen-bond donors (Lipinski definition) is 1. The number of phenols is 1. The molecule has 0 amide bonds. The van der Waals surface area contributed by atoms with Crippen molar-refractivity contribution in [1.29, 1.82) is 0 Å². The van der Waals surface area contributed by atoms with Crippen molar-refractivity contribution >= 4 is 32.3 Å². The Morgan fingerprint density at radius 3 is 1.32 bits per heavy atom. The van der Waals surface area contributed by atoms with Crippen molar-refractivity contribution in [3.63, 3.8) is 0 Å². The molecule has 0 aromatic heterocycles. The van der Waals surface area contributed by atoms with Crippen LogP contribution in [0.15, 0.2) is 206 Å². The topological polar surface area (TPSA) is 20.2 Å². The predicted octanol–water partition coefficient (Wildman–Crippen LogP) is 15.2. The number of aryl methyl sites for hydroxylation is 1. The van der Waals surface area contributed by atoms with Gasteiger partial charge in [0, 0.05) is 11.1 Å². The zero-order valence-corrected chi connectivity index (χ0v) is 31.1. The SMILES string of the molecule is Cc1ccccc1-c1cc(-c2cccc(-c3ccc(-c4ccccc4)cc3)c2)cc(-c2cccc(-c3ccc4c5ccccc5c5ccccc5c4c3)c2)c1O. The van der Waals surface area contributed by atoms with Gasteiger partial charge in [-0.15, -0.1) is 0 Å². The Morgan fingerprint density at radius 1 is 0.250 bits per heavy atom. The maximum atomic E-state index is 12.2. The molecule has 0 heterocycles. The molecule has 1 nitrogen and oxygen atoms in total. The van der Waals surface area contributed by atoms with Crippen LogP contribution in [0, 0.1) is 6.92 Å². The summed E-state index contributed by atoms with van der Waals surface area (Å²) in [6, 6.07) is 73.4. The fourth-order valence-corrected chi connectivity index (χ4v) is 8.42. The third-order valence-corrected chi connectivity index (χ3v) is 11.3. The highest BCUT2D eigenvalue weighted by atomic mass is 16.3. The molecule has 0 fully saturated rings. The number of fused-ring (bicyclic) bond motifs is 6. The van der Waals surface area contributed by atoms with Crippen molar-refractivity contribution in [2.75, 3.05) is 0 Å². The lowest BCUT2D eigenvalue weighted by Crippen LogP contribution is -1.91. The maximum Gasteiger partial charge on any atom is 0.131 e. The molecule has 0 saturated heterocycles. The standard InChI is InChI=1S/C55H38O/c1-36-13-5-6-20-46(36)54-35-45(42-18-11-16-40(31-42)39-27-25-38(26-28-39)37-14-3-2-4-15-37)34-52(55(54)56)44-19-12-17-41(32-44)43-29-30-51-49-23-8-7-21-47(49)48-22-9-10-24-50(48)53(51)33-43/h2-35,56H,1H3. The highest BCUT2D eigenvalue weighted by Crippen LogP contribution is 2.44. The third kappa shape index (κ3) is 5.91. The maximum absolute atomic E-state index is 12.2. The Hall–Kier alpha value is -7.22. The Bertz CT molecular complexity index is 3050. The molecule has 10 aromatic rings. The summed E-state index contributed by atoms with van der Waals surface area (Å²) in [5, 5.41) is 19.7. The quantitative estimate of drug-likeness (QED) is 0.170. The summed E-state index contributed by atoms with van der Waals surface area (Å²) in [5.74, 6) is 0.281. The minimum atomic E-state index is 0.281. The molecule has 0 aliphatic rings. The molecule has 0 spiro atoms. The van der Waals surface area contributed by atoms with Gasteiger partial charge in [-0.05, 0) is 131 Å². The minimum absolute atomic E-state index is 0.281. The van der Waals surface area contributed by atoms with Gasteiger partial charge in [-0.25, -0.2) is 0 Å². The van der Waals surface area contributed by atoms with Crippen molar-refractivity contribution in [2.45, 2.75) is 6.92 Å². The summed E-state index contributed by atoms with van der Waals surface area (Å²) in [4.78, 5) is 0. The van der Waals surface area contributed by atoms with Gasteiger partial charge in [0.05, 0.1) is 0 Å². The zero-order valence-electron chi connectivity index (χ0n) is 31.1. The molecule has 10 aromatic carbocycles. The summed E-state index contributed by atoms with van der Waals surface area (Å²) in [7, 11) is 0. The smallest absolute Gasteiger partial charge is 0.131 e. The molecular weight excluding hydrogens is 677 g/mol. The summed E-state index contributed by atoms with van der Waals surface area (Å²) < 4.78 is 0. The molecule has 0 bridgehead atoms. The molecule has 0 aliphatic carbocycles. The lowest BCUT2D eigenvalue weighted by Gasteiger charge is -2.17. The summed E-state index contributed by atoms with van der Waals surface area (Å²) in [5.41, 5.74) is 13.8. The van der Waals surface area contributed by atoms with Crippen molar-refractivity contribution < 1.29 is 5.11 Å². The zero-order chi connectivity index (χ0) is 37.6. The van der Waals surface area contributed by atoms with E-state index in [0.29, 0.717) is 0 Å². The molecule has 0 saturated carbocycles. The number of rotatable bonds is 6. The number of benzene rings is 10. The first-order valence-electron chi connectivity index (χ1n) is 19.2. The van der Waals surface area contributed by atoms with Crippen LogP contribution in [-0.2, 0) is 0 Å². The van der Waals surface area contributed by atoms with E-state index in [1.54, 1.807) is 0 Å². The Labute approximate surface area is 327 Å². The first-order chi connectivity index (χ1) is 27.6. The second-order valence-electron chi connectivity index (χ2n) is 14.7. The van der Waals surface area contributed by atoms with E-state index >= 15 is 0 Å². The molecule has 0 unspecified atom stereocenters. The highest BCUT2D eigenvalue weighted by Gasteiger charge is 2.17. The monoisotopic (exact) mass is 714 g/mol. The van der Waals surface area contributed by atoms with Crippen LogP contribution in [0.4, 0.5) is 0 Å². The van der Waals surface area contributed by atoms with Crippen molar-refractivity contribution in [3.05, 3.63) is 212 Å². The van der Waals surface area contributed by atoms with E-state index in [1.807, 2.05) is 18.2 Å². The van der Waals surface area contributed by atoms with Crippen molar-refractivity contribution in [1.82, 2.24) is 0 Å². The van der Waals surface area contributed by atoms with Crippen LogP contribution in [0.25, 0.3) is 99.1 Å². The van der Waals surface area contributed by atoms with Crippen LogP contribution < -0.4 is 0 Å². The van der Waals surface area contributed by atoms with Gasteiger partial charge in [-0.2, -0.15) is 0 Å². The van der Waals surface area contributed by atoms with Crippen molar-refractivity contribution in [2.24, 2.45) is 0 Å². The fourth-order valence-electron chi connectivity index (χ4n) is 8.42. The number of aromatic hydroxyl groups is 1. The summed E-state index contributed by atoms with van der Waals surface area (Å²) in [6.45, 7) is 2.11. The Kier molecular flexibility index (Phi) is 8.27. The molecular formula is C55H38O. The molecule has 0 atom stereocenters. The number of hydrogen-bond acceptors (Lipinski definition) is 1. The minimum Gasteiger partial charge on any atom is -0.507 e. The predicted molar refractivity (Wildman–Crippen MR) is 238 cm³/mol. The normalized spacial score (nSPS) is 11.4. The number of phenolic OH excluding ortho intramolecular Hbond substituents is 1. The Morgan fingerprint density at radius 2 is 0.661 bits per heavy atom. The summed E-state index contributed by atoms with van der Waals surface area (Å²) in [6.07, 6.45) is 0. The van der Waals surface area contributed by atoms with E-state index in [-0.39, 0.29) is 5.75 Å². The molecule has 10 rings (SSSR count). The van der Waals surface area contributed by atoms with Gasteiger partial charge in [0.15, 0.2) is 0 Å². The van der Waals surface area contributed by atoms with Crippen LogP contribution in [0.5, 0.6) is 5.75 Å². The second kappa shape index (κ2) is 13.9. The molecule has 264 valence electrons. The molecule has 1 heteroatoms. The van der Waals surface area contributed by atoms with Gasteiger partial charge in [0.1, 0.15) is 5.75 Å². The van der Waals surface area contributed by atoms with E-state index in [2.05, 4.69) is 195 Å². The van der Waals surface area contributed by atoms with Gasteiger partial charge in [-0.3, -0.25) is 0 Å². The van der Waals surface area contributed by atoms with E-state index < -0.39 is 0 Å².